The van der Waals surface area contributed by atoms with Gasteiger partial charge in [-0.15, -0.1) is 6.58 Å². The molecule has 16 heavy (non-hydrogen) atoms. The molecular weight excluding hydrogens is 202 g/mol. The second-order valence-corrected chi connectivity index (χ2v) is 3.74. The van der Waals surface area contributed by atoms with Crippen molar-refractivity contribution >= 4 is 5.97 Å². The summed E-state index contributed by atoms with van der Waals surface area (Å²) in [5.41, 5.74) is 0.924. The van der Waals surface area contributed by atoms with Crippen molar-refractivity contribution in [2.45, 2.75) is 33.6 Å². The maximum atomic E-state index is 11.4. The predicted molar refractivity (Wildman–Crippen MR) is 63.5 cm³/mol. The van der Waals surface area contributed by atoms with Gasteiger partial charge in [0.15, 0.2) is 0 Å². The smallest absolute Gasteiger partial charge is 0.348 e. The van der Waals surface area contributed by atoms with Crippen molar-refractivity contribution in [3.05, 3.63) is 23.8 Å². The highest BCUT2D eigenvalue weighted by molar-refractivity contribution is 5.93. The van der Waals surface area contributed by atoms with E-state index in [1.54, 1.807) is 13.8 Å². The molecule has 0 aliphatic rings. The number of esters is 1. The van der Waals surface area contributed by atoms with Crippen LogP contribution in [0.25, 0.3) is 0 Å². The number of hydrogen-bond acceptors (Lipinski definition) is 3. The first-order valence-electron chi connectivity index (χ1n) is 5.46. The summed E-state index contributed by atoms with van der Waals surface area (Å²) >= 11 is 0. The van der Waals surface area contributed by atoms with Gasteiger partial charge in [0.25, 0.3) is 0 Å². The number of carbonyl (C=O) groups is 1. The lowest BCUT2D eigenvalue weighted by Crippen LogP contribution is -2.08. The van der Waals surface area contributed by atoms with E-state index in [9.17, 15) is 4.79 Å². The molecule has 0 saturated carbocycles. The molecule has 1 unspecified atom stereocenters. The largest absolute Gasteiger partial charge is 0.462 e. The molecule has 0 N–H and O–H groups in total. The molecule has 0 amide bonds. The lowest BCUT2D eigenvalue weighted by molar-refractivity contribution is -0.138. The number of carbonyl (C=O) groups excluding carboxylic acids is 1. The molecule has 0 saturated heterocycles. The second-order valence-electron chi connectivity index (χ2n) is 3.74. The van der Waals surface area contributed by atoms with Gasteiger partial charge < -0.3 is 4.74 Å². The summed E-state index contributed by atoms with van der Waals surface area (Å²) in [6.45, 7) is 9.56. The summed E-state index contributed by atoms with van der Waals surface area (Å²) in [7, 11) is 0. The van der Waals surface area contributed by atoms with E-state index in [-0.39, 0.29) is 5.57 Å². The Bertz CT molecular complexity index is 323. The average Bonchev–Trinajstić information content (AvgIpc) is 2.27. The lowest BCUT2D eigenvalue weighted by atomic mass is 9.99. The molecular formula is C13H19NO2. The Hall–Kier alpha value is -1.56. The van der Waals surface area contributed by atoms with Crippen molar-refractivity contribution in [2.75, 3.05) is 6.61 Å². The highest BCUT2D eigenvalue weighted by Gasteiger charge is 2.13. The van der Waals surface area contributed by atoms with Gasteiger partial charge in [0.05, 0.1) is 6.61 Å². The maximum absolute atomic E-state index is 11.4. The number of nitriles is 1. The van der Waals surface area contributed by atoms with Crippen molar-refractivity contribution in [1.82, 2.24) is 0 Å². The Morgan fingerprint density at radius 1 is 1.62 bits per heavy atom. The number of ether oxygens (including phenoxy) is 1. The van der Waals surface area contributed by atoms with Crippen molar-refractivity contribution in [1.29, 1.82) is 5.26 Å². The Kier molecular flexibility index (Phi) is 6.95. The minimum Gasteiger partial charge on any atom is -0.462 e. The van der Waals surface area contributed by atoms with Crippen LogP contribution in [0.2, 0.25) is 0 Å². The van der Waals surface area contributed by atoms with Gasteiger partial charge in [-0.3, -0.25) is 0 Å². The van der Waals surface area contributed by atoms with Gasteiger partial charge in [0, 0.05) is 0 Å². The van der Waals surface area contributed by atoms with Crippen LogP contribution >= 0.6 is 0 Å². The lowest BCUT2D eigenvalue weighted by Gasteiger charge is -2.07. The Morgan fingerprint density at radius 2 is 2.25 bits per heavy atom. The van der Waals surface area contributed by atoms with Crippen molar-refractivity contribution in [3.8, 4) is 6.07 Å². The van der Waals surface area contributed by atoms with E-state index in [1.165, 1.54) is 0 Å². The fourth-order valence-electron chi connectivity index (χ4n) is 1.21. The Balaban J connectivity index is 4.57. The standard InChI is InChI=1S/C13H19NO2/c1-5-10(3)7-8-11(4)12(9-14)13(15)16-6-2/h5,10H,1,6-8H2,2-4H3/b12-11-. The molecule has 0 rings (SSSR count). The molecule has 0 fully saturated rings. The molecule has 3 heteroatoms. The monoisotopic (exact) mass is 221 g/mol. The molecule has 0 aromatic carbocycles. The van der Waals surface area contributed by atoms with E-state index in [0.717, 1.165) is 18.4 Å². The van der Waals surface area contributed by atoms with Gasteiger partial charge in [-0.1, -0.05) is 13.0 Å². The van der Waals surface area contributed by atoms with Gasteiger partial charge in [0.1, 0.15) is 11.6 Å². The van der Waals surface area contributed by atoms with Gasteiger partial charge in [-0.25, -0.2) is 4.79 Å². The zero-order chi connectivity index (χ0) is 12.6. The third-order valence-corrected chi connectivity index (χ3v) is 2.40. The van der Waals surface area contributed by atoms with E-state index in [4.69, 9.17) is 10.00 Å². The summed E-state index contributed by atoms with van der Waals surface area (Å²) in [5.74, 6) is -0.133. The van der Waals surface area contributed by atoms with E-state index in [0.29, 0.717) is 12.5 Å². The molecule has 0 aromatic rings. The van der Waals surface area contributed by atoms with E-state index >= 15 is 0 Å². The van der Waals surface area contributed by atoms with Crippen LogP contribution < -0.4 is 0 Å². The number of hydrogen-bond donors (Lipinski definition) is 0. The number of allylic oxidation sites excluding steroid dienone is 2. The van der Waals surface area contributed by atoms with Crippen LogP contribution in [0.15, 0.2) is 23.8 Å². The zero-order valence-electron chi connectivity index (χ0n) is 10.2. The minimum absolute atomic E-state index is 0.137. The Labute approximate surface area is 97.4 Å². The molecule has 88 valence electrons. The molecule has 1 atom stereocenters. The molecule has 0 bridgehead atoms. The topological polar surface area (TPSA) is 50.1 Å². The molecule has 0 radical (unpaired) electrons. The van der Waals surface area contributed by atoms with Crippen LogP contribution in [0.4, 0.5) is 0 Å². The van der Waals surface area contributed by atoms with Crippen molar-refractivity contribution in [3.63, 3.8) is 0 Å². The summed E-state index contributed by atoms with van der Waals surface area (Å²) < 4.78 is 4.81. The quantitative estimate of drug-likeness (QED) is 0.300. The van der Waals surface area contributed by atoms with Crippen molar-refractivity contribution < 1.29 is 9.53 Å². The highest BCUT2D eigenvalue weighted by Crippen LogP contribution is 2.16. The fourth-order valence-corrected chi connectivity index (χ4v) is 1.21. The SMILES string of the molecule is C=CC(C)CC/C(C)=C(/C#N)C(=O)OCC. The van der Waals surface area contributed by atoms with Crippen LogP contribution in [-0.2, 0) is 9.53 Å². The normalized spacial score (nSPS) is 13.4. The first-order valence-corrected chi connectivity index (χ1v) is 5.46. The van der Waals surface area contributed by atoms with Gasteiger partial charge >= 0.3 is 5.97 Å². The van der Waals surface area contributed by atoms with Gasteiger partial charge in [-0.05, 0) is 38.2 Å². The van der Waals surface area contributed by atoms with Gasteiger partial charge in [-0.2, -0.15) is 5.26 Å². The minimum atomic E-state index is -0.520. The molecule has 0 aliphatic carbocycles. The third-order valence-electron chi connectivity index (χ3n) is 2.40. The zero-order valence-corrected chi connectivity index (χ0v) is 10.2. The van der Waals surface area contributed by atoms with E-state index in [1.807, 2.05) is 12.1 Å². The molecule has 0 aliphatic heterocycles. The summed E-state index contributed by atoms with van der Waals surface area (Å²) in [6.07, 6.45) is 3.47. The van der Waals surface area contributed by atoms with Gasteiger partial charge in [0.2, 0.25) is 0 Å². The summed E-state index contributed by atoms with van der Waals surface area (Å²) in [6, 6.07) is 1.91. The van der Waals surface area contributed by atoms with E-state index in [2.05, 4.69) is 13.5 Å². The molecule has 0 spiro atoms. The number of nitrogens with zero attached hydrogens (tertiary/aromatic N) is 1. The second kappa shape index (κ2) is 7.70. The first kappa shape index (κ1) is 14.4. The summed E-state index contributed by atoms with van der Waals surface area (Å²) in [5, 5.41) is 8.89. The maximum Gasteiger partial charge on any atom is 0.348 e. The molecule has 3 nitrogen and oxygen atoms in total. The predicted octanol–water partition coefficient (Wildman–Crippen LogP) is 2.99. The van der Waals surface area contributed by atoms with Crippen molar-refractivity contribution in [2.24, 2.45) is 5.92 Å². The van der Waals surface area contributed by atoms with Crippen LogP contribution in [-0.4, -0.2) is 12.6 Å². The summed E-state index contributed by atoms with van der Waals surface area (Å²) in [4.78, 5) is 11.4. The average molecular weight is 221 g/mol. The third kappa shape index (κ3) is 4.79. The van der Waals surface area contributed by atoms with Crippen LogP contribution in [0.1, 0.15) is 33.6 Å². The van der Waals surface area contributed by atoms with Crippen LogP contribution in [0.3, 0.4) is 0 Å². The Morgan fingerprint density at radius 3 is 2.69 bits per heavy atom. The highest BCUT2D eigenvalue weighted by atomic mass is 16.5. The molecule has 0 heterocycles. The number of rotatable bonds is 6. The fraction of sp³-hybridized carbons (Fsp3) is 0.538. The van der Waals surface area contributed by atoms with Crippen LogP contribution in [0, 0.1) is 17.2 Å². The van der Waals surface area contributed by atoms with Crippen LogP contribution in [0.5, 0.6) is 0 Å². The van der Waals surface area contributed by atoms with E-state index < -0.39 is 5.97 Å². The first-order chi connectivity index (χ1) is 7.56. The molecule has 0 aromatic heterocycles.